The average Bonchev–Trinajstić information content (AvgIpc) is 2.79. The second kappa shape index (κ2) is 7.94. The number of fused-ring (bicyclic) bond motifs is 1. The van der Waals surface area contributed by atoms with Gasteiger partial charge in [0.15, 0.2) is 0 Å². The van der Waals surface area contributed by atoms with E-state index in [1.807, 2.05) is 54.6 Å². The quantitative estimate of drug-likeness (QED) is 0.508. The SMILES string of the molecule is COC(=O)c1ccc(-c2ccccc2)c(C(=O)Nc2cccc3cccnc23)c1. The van der Waals surface area contributed by atoms with E-state index in [0.717, 1.165) is 16.5 Å². The number of hydrogen-bond acceptors (Lipinski definition) is 4. The molecule has 0 atom stereocenters. The number of anilines is 1. The Balaban J connectivity index is 1.79. The van der Waals surface area contributed by atoms with Gasteiger partial charge in [-0.1, -0.05) is 54.6 Å². The summed E-state index contributed by atoms with van der Waals surface area (Å²) in [6.07, 6.45) is 1.69. The van der Waals surface area contributed by atoms with Crippen molar-refractivity contribution in [2.75, 3.05) is 12.4 Å². The normalized spacial score (nSPS) is 10.5. The molecule has 5 nitrogen and oxygen atoms in total. The minimum Gasteiger partial charge on any atom is -0.465 e. The third kappa shape index (κ3) is 3.71. The molecule has 1 aromatic heterocycles. The summed E-state index contributed by atoms with van der Waals surface area (Å²) >= 11 is 0. The van der Waals surface area contributed by atoms with Crippen molar-refractivity contribution in [3.8, 4) is 11.1 Å². The number of hydrogen-bond donors (Lipinski definition) is 1. The lowest BCUT2D eigenvalue weighted by Gasteiger charge is -2.13. The zero-order valence-corrected chi connectivity index (χ0v) is 15.8. The molecule has 0 saturated carbocycles. The van der Waals surface area contributed by atoms with Gasteiger partial charge in [0.2, 0.25) is 0 Å². The lowest BCUT2D eigenvalue weighted by molar-refractivity contribution is 0.0600. The number of carbonyl (C=O) groups is 2. The molecule has 29 heavy (non-hydrogen) atoms. The van der Waals surface area contributed by atoms with Gasteiger partial charge < -0.3 is 10.1 Å². The Labute approximate surface area is 168 Å². The van der Waals surface area contributed by atoms with E-state index in [9.17, 15) is 9.59 Å². The molecule has 0 aliphatic rings. The van der Waals surface area contributed by atoms with Crippen molar-refractivity contribution in [1.29, 1.82) is 0 Å². The van der Waals surface area contributed by atoms with Crippen molar-refractivity contribution < 1.29 is 14.3 Å². The summed E-state index contributed by atoms with van der Waals surface area (Å²) in [5.74, 6) is -0.821. The Hall–Kier alpha value is -3.99. The van der Waals surface area contributed by atoms with Crippen molar-refractivity contribution in [2.24, 2.45) is 0 Å². The van der Waals surface area contributed by atoms with Crippen molar-refractivity contribution in [3.05, 3.63) is 96.2 Å². The van der Waals surface area contributed by atoms with Gasteiger partial charge in [0.25, 0.3) is 5.91 Å². The summed E-state index contributed by atoms with van der Waals surface area (Å²) < 4.78 is 4.81. The van der Waals surface area contributed by atoms with Crippen LogP contribution in [0, 0.1) is 0 Å². The number of para-hydroxylation sites is 1. The zero-order chi connectivity index (χ0) is 20.2. The smallest absolute Gasteiger partial charge is 0.337 e. The monoisotopic (exact) mass is 382 g/mol. The molecular weight excluding hydrogens is 364 g/mol. The number of methoxy groups -OCH3 is 1. The Bertz CT molecular complexity index is 1200. The van der Waals surface area contributed by atoms with Crippen LogP contribution in [0.5, 0.6) is 0 Å². The van der Waals surface area contributed by atoms with Gasteiger partial charge in [-0.3, -0.25) is 9.78 Å². The van der Waals surface area contributed by atoms with E-state index in [1.165, 1.54) is 7.11 Å². The first-order chi connectivity index (χ1) is 14.2. The maximum absolute atomic E-state index is 13.2. The van der Waals surface area contributed by atoms with Crippen LogP contribution in [0.4, 0.5) is 5.69 Å². The molecule has 0 bridgehead atoms. The van der Waals surface area contributed by atoms with Gasteiger partial charge >= 0.3 is 5.97 Å². The molecule has 1 N–H and O–H groups in total. The van der Waals surface area contributed by atoms with Crippen LogP contribution in [-0.4, -0.2) is 24.0 Å². The van der Waals surface area contributed by atoms with E-state index in [2.05, 4.69) is 10.3 Å². The number of esters is 1. The highest BCUT2D eigenvalue weighted by atomic mass is 16.5. The van der Waals surface area contributed by atoms with Gasteiger partial charge in [0.1, 0.15) is 0 Å². The molecule has 4 rings (SSSR count). The number of benzene rings is 3. The number of nitrogens with zero attached hydrogens (tertiary/aromatic N) is 1. The van der Waals surface area contributed by atoms with Crippen LogP contribution in [-0.2, 0) is 4.74 Å². The van der Waals surface area contributed by atoms with Crippen molar-refractivity contribution in [3.63, 3.8) is 0 Å². The van der Waals surface area contributed by atoms with Gasteiger partial charge in [0, 0.05) is 17.1 Å². The van der Waals surface area contributed by atoms with Crippen LogP contribution in [0.15, 0.2) is 85.1 Å². The molecular formula is C24H18N2O3. The molecule has 0 fully saturated rings. The van der Waals surface area contributed by atoms with Crippen LogP contribution in [0.1, 0.15) is 20.7 Å². The minimum atomic E-state index is -0.495. The number of pyridine rings is 1. The lowest BCUT2D eigenvalue weighted by atomic mass is 9.96. The second-order valence-electron chi connectivity index (χ2n) is 6.45. The number of nitrogens with one attached hydrogen (secondary N) is 1. The number of aromatic nitrogens is 1. The predicted octanol–water partition coefficient (Wildman–Crippen LogP) is 4.94. The summed E-state index contributed by atoms with van der Waals surface area (Å²) in [6, 6.07) is 23.9. The first-order valence-corrected chi connectivity index (χ1v) is 9.10. The van der Waals surface area contributed by atoms with Crippen molar-refractivity contribution >= 4 is 28.5 Å². The Morgan fingerprint density at radius 3 is 2.48 bits per heavy atom. The predicted molar refractivity (Wildman–Crippen MR) is 113 cm³/mol. The number of amides is 1. The third-order valence-electron chi connectivity index (χ3n) is 4.65. The molecule has 5 heteroatoms. The molecule has 1 heterocycles. The first kappa shape index (κ1) is 18.4. The maximum Gasteiger partial charge on any atom is 0.337 e. The highest BCUT2D eigenvalue weighted by molar-refractivity contribution is 6.12. The molecule has 0 saturated heterocycles. The van der Waals surface area contributed by atoms with Crippen molar-refractivity contribution in [1.82, 2.24) is 4.98 Å². The molecule has 0 spiro atoms. The highest BCUT2D eigenvalue weighted by Crippen LogP contribution is 2.27. The van der Waals surface area contributed by atoms with Gasteiger partial charge in [-0.05, 0) is 35.4 Å². The Morgan fingerprint density at radius 2 is 1.69 bits per heavy atom. The van der Waals surface area contributed by atoms with Crippen molar-refractivity contribution in [2.45, 2.75) is 0 Å². The fourth-order valence-electron chi connectivity index (χ4n) is 3.24. The summed E-state index contributed by atoms with van der Waals surface area (Å²) in [7, 11) is 1.31. The van der Waals surface area contributed by atoms with Gasteiger partial charge in [-0.15, -0.1) is 0 Å². The molecule has 0 unspecified atom stereocenters. The average molecular weight is 382 g/mol. The largest absolute Gasteiger partial charge is 0.465 e. The van der Waals surface area contributed by atoms with Crippen LogP contribution in [0.25, 0.3) is 22.0 Å². The van der Waals surface area contributed by atoms with Crippen LogP contribution < -0.4 is 5.32 Å². The van der Waals surface area contributed by atoms with E-state index in [0.29, 0.717) is 22.3 Å². The first-order valence-electron chi connectivity index (χ1n) is 9.10. The molecule has 1 amide bonds. The summed E-state index contributed by atoms with van der Waals surface area (Å²) in [5, 5.41) is 3.87. The van der Waals surface area contributed by atoms with Gasteiger partial charge in [0.05, 0.1) is 23.9 Å². The lowest BCUT2D eigenvalue weighted by Crippen LogP contribution is -2.15. The summed E-state index contributed by atoms with van der Waals surface area (Å²) in [4.78, 5) is 29.6. The molecule has 0 aliphatic carbocycles. The number of ether oxygens (including phenoxy) is 1. The third-order valence-corrected chi connectivity index (χ3v) is 4.65. The van der Waals surface area contributed by atoms with Crippen LogP contribution in [0.2, 0.25) is 0 Å². The number of carbonyl (C=O) groups excluding carboxylic acids is 2. The van der Waals surface area contributed by atoms with E-state index in [1.54, 1.807) is 30.5 Å². The summed E-state index contributed by atoms with van der Waals surface area (Å²) in [6.45, 7) is 0. The molecule has 142 valence electrons. The summed E-state index contributed by atoms with van der Waals surface area (Å²) in [5.41, 5.74) is 3.61. The molecule has 4 aromatic rings. The van der Waals surface area contributed by atoms with Crippen LogP contribution >= 0.6 is 0 Å². The fourth-order valence-corrected chi connectivity index (χ4v) is 3.24. The van der Waals surface area contributed by atoms with E-state index in [4.69, 9.17) is 4.74 Å². The Kier molecular flexibility index (Phi) is 5.03. The topological polar surface area (TPSA) is 68.3 Å². The van der Waals surface area contributed by atoms with E-state index >= 15 is 0 Å². The highest BCUT2D eigenvalue weighted by Gasteiger charge is 2.18. The number of rotatable bonds is 4. The fraction of sp³-hybridized carbons (Fsp3) is 0.0417. The van der Waals surface area contributed by atoms with E-state index in [-0.39, 0.29) is 5.91 Å². The standard InChI is InChI=1S/C24H18N2O3/c1-29-24(28)18-12-13-19(16-7-3-2-4-8-16)20(15-18)23(27)26-21-11-5-9-17-10-6-14-25-22(17)21/h2-15H,1H3,(H,26,27). The van der Waals surface area contributed by atoms with Gasteiger partial charge in [-0.25, -0.2) is 4.79 Å². The Morgan fingerprint density at radius 1 is 0.897 bits per heavy atom. The van der Waals surface area contributed by atoms with E-state index < -0.39 is 5.97 Å². The molecule has 0 radical (unpaired) electrons. The zero-order valence-electron chi connectivity index (χ0n) is 15.8. The van der Waals surface area contributed by atoms with Gasteiger partial charge in [-0.2, -0.15) is 0 Å². The second-order valence-corrected chi connectivity index (χ2v) is 6.45. The molecule has 3 aromatic carbocycles. The maximum atomic E-state index is 13.2. The van der Waals surface area contributed by atoms with Crippen LogP contribution in [0.3, 0.4) is 0 Å². The minimum absolute atomic E-state index is 0.313. The molecule has 0 aliphatic heterocycles.